The van der Waals surface area contributed by atoms with E-state index in [0.717, 1.165) is 10.0 Å². The van der Waals surface area contributed by atoms with E-state index in [1.54, 1.807) is 18.2 Å². The zero-order valence-electron chi connectivity index (χ0n) is 9.38. The van der Waals surface area contributed by atoms with Crippen LogP contribution in [0.5, 0.6) is 0 Å². The van der Waals surface area contributed by atoms with Gasteiger partial charge in [0, 0.05) is 11.1 Å². The average molecular weight is 247 g/mol. The van der Waals surface area contributed by atoms with Crippen LogP contribution >= 0.6 is 15.9 Å². The molecule has 0 fully saturated rings. The van der Waals surface area contributed by atoms with E-state index in [0.29, 0.717) is 13.2 Å². The molecule has 1 aromatic carbocycles. The maximum absolute atomic E-state index is 9.21. The quantitative estimate of drug-likeness (QED) is 0.885. The lowest BCUT2D eigenvalue weighted by Crippen LogP contribution is -1.94. The Bertz CT molecular complexity index is 337. The lowest BCUT2D eigenvalue weighted by atomic mass is 10.1. The van der Waals surface area contributed by atoms with Crippen molar-refractivity contribution in [1.29, 1.82) is 0 Å². The van der Waals surface area contributed by atoms with E-state index in [2.05, 4.69) is 15.9 Å². The van der Waals surface area contributed by atoms with Crippen molar-refractivity contribution in [2.75, 3.05) is 6.61 Å². The minimum absolute atomic E-state index is 0.236. The van der Waals surface area contributed by atoms with Crippen molar-refractivity contribution >= 4 is 15.9 Å². The predicted octanol–water partition coefficient (Wildman–Crippen LogP) is 2.48. The molecular formula is C10H13BrO2. The van der Waals surface area contributed by atoms with Crippen molar-refractivity contribution in [3.8, 4) is 0 Å². The summed E-state index contributed by atoms with van der Waals surface area (Å²) in [5.74, 6) is 0. The van der Waals surface area contributed by atoms with Crippen molar-refractivity contribution in [2.24, 2.45) is 0 Å². The molecule has 0 aliphatic carbocycles. The first-order chi connectivity index (χ1) is 6.95. The van der Waals surface area contributed by atoms with Crippen molar-refractivity contribution in [3.63, 3.8) is 0 Å². The monoisotopic (exact) mass is 246 g/mol. The van der Waals surface area contributed by atoms with Crippen molar-refractivity contribution < 1.29 is 12.6 Å². The van der Waals surface area contributed by atoms with E-state index in [-0.39, 0.29) is 5.56 Å². The fourth-order valence-corrected chi connectivity index (χ4v) is 1.33. The molecular weight excluding hydrogens is 232 g/mol. The molecule has 0 spiro atoms. The van der Waals surface area contributed by atoms with Gasteiger partial charge in [-0.25, -0.2) is 0 Å². The van der Waals surface area contributed by atoms with Gasteiger partial charge in [0.1, 0.15) is 0 Å². The third kappa shape index (κ3) is 3.10. The van der Waals surface area contributed by atoms with E-state index < -0.39 is 6.56 Å². The summed E-state index contributed by atoms with van der Waals surface area (Å²) in [5, 5.41) is 9.21. The molecule has 1 rings (SSSR count). The summed E-state index contributed by atoms with van der Waals surface area (Å²) in [7, 11) is 0. The van der Waals surface area contributed by atoms with Crippen LogP contribution in [0.2, 0.25) is 0 Å². The Hall–Kier alpha value is -0.380. The molecule has 0 aliphatic heterocycles. The first kappa shape index (κ1) is 7.97. The van der Waals surface area contributed by atoms with Gasteiger partial charge < -0.3 is 9.84 Å². The standard InChI is InChI=1S/C10H13BrO2/c1-2-13-7-9-5-8(6-12)3-4-10(9)11/h3-5,12H,2,6-7H2,1H3/i6D2. The molecule has 0 atom stereocenters. The van der Waals surface area contributed by atoms with Crippen LogP contribution in [-0.2, 0) is 17.9 Å². The molecule has 0 saturated carbocycles. The molecule has 0 aromatic heterocycles. The molecule has 1 aromatic rings. The van der Waals surface area contributed by atoms with Gasteiger partial charge in [0.05, 0.1) is 15.9 Å². The van der Waals surface area contributed by atoms with E-state index in [9.17, 15) is 5.11 Å². The van der Waals surface area contributed by atoms with Crippen molar-refractivity contribution in [2.45, 2.75) is 20.1 Å². The molecule has 0 aliphatic rings. The Morgan fingerprint density at radius 1 is 1.62 bits per heavy atom. The number of hydrogen-bond acceptors (Lipinski definition) is 2. The molecule has 0 amide bonds. The zero-order valence-corrected chi connectivity index (χ0v) is 8.97. The highest BCUT2D eigenvalue weighted by Gasteiger charge is 2.00. The Morgan fingerprint density at radius 3 is 3.00 bits per heavy atom. The van der Waals surface area contributed by atoms with E-state index >= 15 is 0 Å². The highest BCUT2D eigenvalue weighted by Crippen LogP contribution is 2.19. The minimum Gasteiger partial charge on any atom is -0.392 e. The minimum atomic E-state index is -2.30. The van der Waals surface area contributed by atoms with E-state index in [1.807, 2.05) is 6.92 Å². The smallest absolute Gasteiger partial charge is 0.0727 e. The van der Waals surface area contributed by atoms with Crippen LogP contribution in [0.25, 0.3) is 0 Å². The molecule has 2 nitrogen and oxygen atoms in total. The number of aliphatic hydroxyl groups is 1. The van der Waals surface area contributed by atoms with Gasteiger partial charge in [-0.3, -0.25) is 0 Å². The molecule has 72 valence electrons. The van der Waals surface area contributed by atoms with Gasteiger partial charge in [-0.15, -0.1) is 0 Å². The van der Waals surface area contributed by atoms with Crippen LogP contribution in [0.4, 0.5) is 0 Å². The van der Waals surface area contributed by atoms with Gasteiger partial charge in [0.25, 0.3) is 0 Å². The van der Waals surface area contributed by atoms with E-state index in [4.69, 9.17) is 7.48 Å². The maximum atomic E-state index is 9.21. The highest BCUT2D eigenvalue weighted by molar-refractivity contribution is 9.10. The first-order valence-corrected chi connectivity index (χ1v) is 4.83. The molecule has 0 heterocycles. The van der Waals surface area contributed by atoms with Gasteiger partial charge in [0.2, 0.25) is 0 Å². The maximum Gasteiger partial charge on any atom is 0.0727 e. The number of benzene rings is 1. The van der Waals surface area contributed by atoms with Crippen LogP contribution in [0, 0.1) is 0 Å². The van der Waals surface area contributed by atoms with Crippen LogP contribution in [0.1, 0.15) is 20.8 Å². The summed E-state index contributed by atoms with van der Waals surface area (Å²) in [6.45, 7) is 0.592. The Balaban J connectivity index is 2.95. The Morgan fingerprint density at radius 2 is 2.38 bits per heavy atom. The summed E-state index contributed by atoms with van der Waals surface area (Å²) in [4.78, 5) is 0. The molecule has 1 N–H and O–H groups in total. The lowest BCUT2D eigenvalue weighted by Gasteiger charge is -2.06. The molecule has 0 bridgehead atoms. The highest BCUT2D eigenvalue weighted by atomic mass is 79.9. The fraction of sp³-hybridized carbons (Fsp3) is 0.400. The van der Waals surface area contributed by atoms with Crippen LogP contribution in [0.15, 0.2) is 22.7 Å². The molecule has 13 heavy (non-hydrogen) atoms. The number of rotatable bonds is 4. The summed E-state index contributed by atoms with van der Waals surface area (Å²) in [5.41, 5.74) is 1.06. The van der Waals surface area contributed by atoms with Crippen LogP contribution in [0.3, 0.4) is 0 Å². The topological polar surface area (TPSA) is 29.5 Å². The molecule has 0 radical (unpaired) electrons. The summed E-state index contributed by atoms with van der Waals surface area (Å²) in [6.07, 6.45) is 0. The second kappa shape index (κ2) is 5.37. The second-order valence-electron chi connectivity index (χ2n) is 2.56. The first-order valence-electron chi connectivity index (χ1n) is 5.04. The summed E-state index contributed by atoms with van der Waals surface area (Å²) >= 11 is 3.34. The van der Waals surface area contributed by atoms with Crippen molar-refractivity contribution in [1.82, 2.24) is 0 Å². The van der Waals surface area contributed by atoms with Gasteiger partial charge in [-0.2, -0.15) is 0 Å². The number of ether oxygens (including phenoxy) is 1. The Kier molecular flexibility index (Phi) is 3.29. The van der Waals surface area contributed by atoms with Crippen LogP contribution in [-0.4, -0.2) is 11.7 Å². The third-order valence-corrected chi connectivity index (χ3v) is 2.41. The van der Waals surface area contributed by atoms with Gasteiger partial charge in [-0.05, 0) is 24.1 Å². The van der Waals surface area contributed by atoms with Crippen molar-refractivity contribution in [3.05, 3.63) is 33.8 Å². The Labute approximate surface area is 89.5 Å². The summed E-state index contributed by atoms with van der Waals surface area (Å²) < 4.78 is 20.5. The fourth-order valence-electron chi connectivity index (χ4n) is 0.967. The average Bonchev–Trinajstić information content (AvgIpc) is 2.15. The lowest BCUT2D eigenvalue weighted by molar-refractivity contribution is 0.133. The normalized spacial score (nSPS) is 13.8. The number of halogens is 1. The van der Waals surface area contributed by atoms with Gasteiger partial charge >= 0.3 is 0 Å². The molecule has 0 unspecified atom stereocenters. The summed E-state index contributed by atoms with van der Waals surface area (Å²) in [6, 6.07) is 4.84. The second-order valence-corrected chi connectivity index (χ2v) is 3.41. The van der Waals surface area contributed by atoms with E-state index in [1.165, 1.54) is 0 Å². The van der Waals surface area contributed by atoms with Gasteiger partial charge in [-0.1, -0.05) is 28.1 Å². The van der Waals surface area contributed by atoms with Crippen LogP contribution < -0.4 is 0 Å². The molecule has 0 saturated heterocycles. The number of hydrogen-bond donors (Lipinski definition) is 1. The van der Waals surface area contributed by atoms with Gasteiger partial charge in [0.15, 0.2) is 0 Å². The predicted molar refractivity (Wildman–Crippen MR) is 55.4 cm³/mol. The SMILES string of the molecule is [2H]C([2H])(O)c1ccc(Br)c(COCC)c1. The molecule has 3 heteroatoms. The zero-order chi connectivity index (χ0) is 11.5. The third-order valence-electron chi connectivity index (χ3n) is 1.64. The largest absolute Gasteiger partial charge is 0.392 e.